The smallest absolute Gasteiger partial charge is 0.238 e. The van der Waals surface area contributed by atoms with Crippen molar-refractivity contribution in [3.63, 3.8) is 0 Å². The predicted molar refractivity (Wildman–Crippen MR) is 81.0 cm³/mol. The second-order valence-electron chi connectivity index (χ2n) is 5.04. The molecule has 0 aliphatic heterocycles. The molecule has 7 heteroatoms. The number of nitrogens with one attached hydrogen (secondary N) is 1. The van der Waals surface area contributed by atoms with Crippen LogP contribution in [0.5, 0.6) is 0 Å². The summed E-state index contributed by atoms with van der Waals surface area (Å²) in [6, 6.07) is 4.36. The molecular weight excluding hydrogens is 278 g/mol. The van der Waals surface area contributed by atoms with Crippen LogP contribution in [-0.2, 0) is 14.8 Å². The summed E-state index contributed by atoms with van der Waals surface area (Å²) < 4.78 is 28.0. The average molecular weight is 301 g/mol. The minimum atomic E-state index is -3.71. The van der Waals surface area contributed by atoms with Gasteiger partial charge in [0.25, 0.3) is 0 Å². The number of sulfonamides is 1. The van der Waals surface area contributed by atoms with E-state index in [0.717, 1.165) is 13.0 Å². The van der Waals surface area contributed by atoms with Crippen LogP contribution in [0.1, 0.15) is 20.3 Å². The lowest BCUT2D eigenvalue weighted by atomic mass is 10.2. The number of primary sulfonamides is 1. The van der Waals surface area contributed by atoms with Gasteiger partial charge in [-0.2, -0.15) is 0 Å². The number of benzene rings is 1. The Kier molecular flexibility index (Phi) is 6.25. The molecule has 0 radical (unpaired) electrons. The molecule has 0 bridgehead atoms. The van der Waals surface area contributed by atoms with Crippen molar-refractivity contribution >= 4 is 21.4 Å². The number of hydrogen-bond acceptors (Lipinski definition) is 5. The van der Waals surface area contributed by atoms with Crippen molar-refractivity contribution in [2.45, 2.75) is 25.2 Å². The van der Waals surface area contributed by atoms with Gasteiger partial charge in [-0.25, -0.2) is 13.6 Å². The molecule has 0 saturated heterocycles. The van der Waals surface area contributed by atoms with Crippen LogP contribution in [0.2, 0.25) is 0 Å². The Bertz CT molecular complexity index is 530. The molecule has 0 aromatic heterocycles. The number of nitrogen functional groups attached to an aromatic ring is 1. The lowest BCUT2D eigenvalue weighted by Crippen LogP contribution is -2.14. The molecule has 0 fully saturated rings. The van der Waals surface area contributed by atoms with Crippen LogP contribution >= 0.6 is 0 Å². The molecule has 0 aliphatic carbocycles. The number of nitrogens with two attached hydrogens (primary N) is 2. The Hall–Kier alpha value is -1.31. The van der Waals surface area contributed by atoms with Crippen molar-refractivity contribution in [1.29, 1.82) is 0 Å². The van der Waals surface area contributed by atoms with E-state index in [0.29, 0.717) is 30.4 Å². The molecule has 1 rings (SSSR count). The van der Waals surface area contributed by atoms with E-state index in [4.69, 9.17) is 15.6 Å². The van der Waals surface area contributed by atoms with Crippen LogP contribution in [0, 0.1) is 5.92 Å². The van der Waals surface area contributed by atoms with E-state index >= 15 is 0 Å². The molecule has 1 aromatic rings. The second-order valence-corrected chi connectivity index (χ2v) is 6.60. The van der Waals surface area contributed by atoms with Crippen LogP contribution in [0.4, 0.5) is 11.4 Å². The van der Waals surface area contributed by atoms with Gasteiger partial charge in [0.1, 0.15) is 0 Å². The zero-order valence-electron chi connectivity index (χ0n) is 11.9. The highest BCUT2D eigenvalue weighted by Gasteiger charge is 2.09. The molecule has 0 unspecified atom stereocenters. The molecule has 1 aromatic carbocycles. The fraction of sp³-hybridized carbons (Fsp3) is 0.538. The van der Waals surface area contributed by atoms with Gasteiger partial charge in [0, 0.05) is 19.8 Å². The number of ether oxygens (including phenoxy) is 1. The first kappa shape index (κ1) is 16.7. The van der Waals surface area contributed by atoms with Gasteiger partial charge in [-0.05, 0) is 30.5 Å². The van der Waals surface area contributed by atoms with Crippen molar-refractivity contribution in [2.75, 3.05) is 30.8 Å². The Morgan fingerprint density at radius 2 is 2.05 bits per heavy atom. The third kappa shape index (κ3) is 5.77. The normalized spacial score (nSPS) is 11.8. The van der Waals surface area contributed by atoms with Crippen LogP contribution in [0.3, 0.4) is 0 Å². The van der Waals surface area contributed by atoms with Crippen LogP contribution in [-0.4, -0.2) is 28.2 Å². The lowest BCUT2D eigenvalue weighted by molar-refractivity contribution is 0.110. The Balaban J connectivity index is 2.48. The number of anilines is 2. The Labute approximate surface area is 120 Å². The highest BCUT2D eigenvalue weighted by Crippen LogP contribution is 2.22. The zero-order chi connectivity index (χ0) is 15.2. The van der Waals surface area contributed by atoms with Gasteiger partial charge in [-0.1, -0.05) is 13.8 Å². The van der Waals surface area contributed by atoms with E-state index in [1.54, 1.807) is 0 Å². The maximum absolute atomic E-state index is 11.3. The summed E-state index contributed by atoms with van der Waals surface area (Å²) >= 11 is 0. The standard InChI is InChI=1S/C13H23N3O3S/c1-10(2)9-19-7-3-6-16-13-8-11(20(15,17)18)4-5-12(13)14/h4-5,8,10,16H,3,6-7,9,14H2,1-2H3,(H2,15,17,18). The first-order valence-electron chi connectivity index (χ1n) is 6.54. The third-order valence-corrected chi connectivity index (χ3v) is 3.50. The second kappa shape index (κ2) is 7.47. The fourth-order valence-electron chi connectivity index (χ4n) is 1.58. The fourth-order valence-corrected chi connectivity index (χ4v) is 2.12. The van der Waals surface area contributed by atoms with E-state index in [-0.39, 0.29) is 4.90 Å². The molecular formula is C13H23N3O3S. The molecule has 20 heavy (non-hydrogen) atoms. The van der Waals surface area contributed by atoms with E-state index in [9.17, 15) is 8.42 Å². The first-order valence-corrected chi connectivity index (χ1v) is 8.09. The van der Waals surface area contributed by atoms with E-state index in [1.165, 1.54) is 18.2 Å². The minimum Gasteiger partial charge on any atom is -0.397 e. The summed E-state index contributed by atoms with van der Waals surface area (Å²) in [5, 5.41) is 8.17. The van der Waals surface area contributed by atoms with E-state index < -0.39 is 10.0 Å². The third-order valence-electron chi connectivity index (χ3n) is 2.59. The molecule has 0 atom stereocenters. The van der Waals surface area contributed by atoms with Crippen molar-refractivity contribution in [3.05, 3.63) is 18.2 Å². The molecule has 0 aliphatic rings. The van der Waals surface area contributed by atoms with Gasteiger partial charge in [0.2, 0.25) is 10.0 Å². The molecule has 5 N–H and O–H groups in total. The van der Waals surface area contributed by atoms with Crippen molar-refractivity contribution in [3.8, 4) is 0 Å². The summed E-state index contributed by atoms with van der Waals surface area (Å²) in [4.78, 5) is 0.0465. The van der Waals surface area contributed by atoms with Crippen LogP contribution in [0.25, 0.3) is 0 Å². The molecule has 0 spiro atoms. The predicted octanol–water partition coefficient (Wildman–Crippen LogP) is 1.39. The topological polar surface area (TPSA) is 107 Å². The maximum Gasteiger partial charge on any atom is 0.238 e. The quantitative estimate of drug-likeness (QED) is 0.497. The summed E-state index contributed by atoms with van der Waals surface area (Å²) in [6.07, 6.45) is 0.811. The Morgan fingerprint density at radius 1 is 1.35 bits per heavy atom. The molecule has 0 amide bonds. The van der Waals surface area contributed by atoms with Gasteiger partial charge in [-0.3, -0.25) is 0 Å². The van der Waals surface area contributed by atoms with E-state index in [1.807, 2.05) is 0 Å². The highest BCUT2D eigenvalue weighted by molar-refractivity contribution is 7.89. The first-order chi connectivity index (χ1) is 9.30. The van der Waals surface area contributed by atoms with Gasteiger partial charge >= 0.3 is 0 Å². The van der Waals surface area contributed by atoms with Gasteiger partial charge in [0.15, 0.2) is 0 Å². The van der Waals surface area contributed by atoms with Gasteiger partial charge in [0.05, 0.1) is 16.3 Å². The van der Waals surface area contributed by atoms with Gasteiger partial charge < -0.3 is 15.8 Å². The number of rotatable bonds is 8. The Morgan fingerprint density at radius 3 is 2.65 bits per heavy atom. The largest absolute Gasteiger partial charge is 0.397 e. The summed E-state index contributed by atoms with van der Waals surface area (Å²) in [6.45, 7) is 6.23. The van der Waals surface area contributed by atoms with E-state index in [2.05, 4.69) is 19.2 Å². The maximum atomic E-state index is 11.3. The molecule has 0 heterocycles. The zero-order valence-corrected chi connectivity index (χ0v) is 12.7. The van der Waals surface area contributed by atoms with Crippen LogP contribution in [0.15, 0.2) is 23.1 Å². The summed E-state index contributed by atoms with van der Waals surface area (Å²) in [5.74, 6) is 0.519. The van der Waals surface area contributed by atoms with Crippen LogP contribution < -0.4 is 16.2 Å². The summed E-state index contributed by atoms with van der Waals surface area (Å²) in [7, 11) is -3.71. The minimum absolute atomic E-state index is 0.0465. The lowest BCUT2D eigenvalue weighted by Gasteiger charge is -2.11. The summed E-state index contributed by atoms with van der Waals surface area (Å²) in [5.41, 5.74) is 6.84. The van der Waals surface area contributed by atoms with Crippen molar-refractivity contribution in [1.82, 2.24) is 0 Å². The molecule has 6 nitrogen and oxygen atoms in total. The molecule has 114 valence electrons. The van der Waals surface area contributed by atoms with Crippen molar-refractivity contribution < 1.29 is 13.2 Å². The van der Waals surface area contributed by atoms with Gasteiger partial charge in [-0.15, -0.1) is 0 Å². The number of hydrogen-bond donors (Lipinski definition) is 3. The monoisotopic (exact) mass is 301 g/mol. The van der Waals surface area contributed by atoms with Crippen molar-refractivity contribution in [2.24, 2.45) is 11.1 Å². The SMILES string of the molecule is CC(C)COCCCNc1cc(S(N)(=O)=O)ccc1N. The molecule has 0 saturated carbocycles. The highest BCUT2D eigenvalue weighted by atomic mass is 32.2. The average Bonchev–Trinajstić information content (AvgIpc) is 2.33.